The molecule has 0 aliphatic heterocycles. The molecular weight excluding hydrogens is 276 g/mol. The Bertz CT molecular complexity index is 491. The van der Waals surface area contributed by atoms with Crippen LogP contribution in [0, 0.1) is 17.8 Å². The lowest BCUT2D eigenvalue weighted by atomic mass is 9.84. The van der Waals surface area contributed by atoms with Crippen molar-refractivity contribution in [2.24, 2.45) is 23.5 Å². The zero-order valence-electron chi connectivity index (χ0n) is 13.0. The van der Waals surface area contributed by atoms with E-state index in [2.05, 4.69) is 15.6 Å². The lowest BCUT2D eigenvalue weighted by molar-refractivity contribution is -0.127. The van der Waals surface area contributed by atoms with E-state index in [1.165, 1.54) is 12.8 Å². The molecule has 0 radical (unpaired) electrons. The summed E-state index contributed by atoms with van der Waals surface area (Å²) in [5.41, 5.74) is 6.20. The minimum Gasteiger partial charge on any atom is -0.370 e. The average Bonchev–Trinajstić information content (AvgIpc) is 3.12. The van der Waals surface area contributed by atoms with Crippen LogP contribution in [0.3, 0.4) is 0 Å². The summed E-state index contributed by atoms with van der Waals surface area (Å²) in [7, 11) is 0. The highest BCUT2D eigenvalue weighted by molar-refractivity contribution is 5.80. The molecule has 4 atom stereocenters. The van der Waals surface area contributed by atoms with Crippen molar-refractivity contribution in [3.8, 4) is 0 Å². The van der Waals surface area contributed by atoms with E-state index in [0.29, 0.717) is 11.8 Å². The van der Waals surface area contributed by atoms with Gasteiger partial charge in [0.25, 0.3) is 0 Å². The number of carbonyl (C=O) groups excluding carboxylic acids is 1. The zero-order valence-corrected chi connectivity index (χ0v) is 13.0. The molecule has 2 aliphatic rings. The van der Waals surface area contributed by atoms with Crippen LogP contribution in [0.4, 0.5) is 5.82 Å². The van der Waals surface area contributed by atoms with Crippen LogP contribution in [-0.2, 0) is 4.79 Å². The van der Waals surface area contributed by atoms with Crippen LogP contribution >= 0.6 is 0 Å². The Labute approximate surface area is 132 Å². The first kappa shape index (κ1) is 15.3. The minimum atomic E-state index is 0.0605. The van der Waals surface area contributed by atoms with E-state index in [-0.39, 0.29) is 17.9 Å². The number of carbonyl (C=O) groups is 1. The van der Waals surface area contributed by atoms with Gasteiger partial charge < -0.3 is 16.4 Å². The Kier molecular flexibility index (Phi) is 4.93. The van der Waals surface area contributed by atoms with Gasteiger partial charge in [-0.15, -0.1) is 0 Å². The molecule has 22 heavy (non-hydrogen) atoms. The monoisotopic (exact) mass is 302 g/mol. The van der Waals surface area contributed by atoms with E-state index in [1.54, 1.807) is 6.20 Å². The van der Waals surface area contributed by atoms with E-state index in [1.807, 2.05) is 18.2 Å². The lowest BCUT2D eigenvalue weighted by Gasteiger charge is -2.27. The van der Waals surface area contributed by atoms with Crippen molar-refractivity contribution < 1.29 is 4.79 Å². The number of pyridine rings is 1. The number of nitrogens with two attached hydrogens (primary N) is 1. The smallest absolute Gasteiger partial charge is 0.224 e. The van der Waals surface area contributed by atoms with Crippen molar-refractivity contribution in [1.82, 2.24) is 10.3 Å². The summed E-state index contributed by atoms with van der Waals surface area (Å²) in [6, 6.07) is 5.91. The molecule has 1 amide bonds. The molecule has 1 aromatic rings. The third kappa shape index (κ3) is 3.40. The van der Waals surface area contributed by atoms with Gasteiger partial charge in [-0.25, -0.2) is 4.98 Å². The summed E-state index contributed by atoms with van der Waals surface area (Å²) in [6.45, 7) is 1.61. The number of unbranched alkanes of at least 4 members (excludes halogenated alkanes) is 1. The zero-order chi connectivity index (χ0) is 15.4. The largest absolute Gasteiger partial charge is 0.370 e. The van der Waals surface area contributed by atoms with Crippen molar-refractivity contribution in [1.29, 1.82) is 0 Å². The third-order valence-corrected chi connectivity index (χ3v) is 5.16. The van der Waals surface area contributed by atoms with E-state index in [4.69, 9.17) is 5.73 Å². The second kappa shape index (κ2) is 7.09. The molecule has 0 aromatic carbocycles. The highest BCUT2D eigenvalue weighted by Crippen LogP contribution is 2.47. The normalized spacial score (nSPS) is 29.5. The Hall–Kier alpha value is -1.62. The van der Waals surface area contributed by atoms with Gasteiger partial charge in [-0.1, -0.05) is 6.07 Å². The molecule has 4 N–H and O–H groups in total. The van der Waals surface area contributed by atoms with Crippen molar-refractivity contribution in [3.05, 3.63) is 24.4 Å². The van der Waals surface area contributed by atoms with Gasteiger partial charge in [0.15, 0.2) is 0 Å². The summed E-state index contributed by atoms with van der Waals surface area (Å²) in [4.78, 5) is 16.5. The summed E-state index contributed by atoms with van der Waals surface area (Å²) in [6.07, 6.45) is 7.33. The molecular formula is C17H26N4O. The van der Waals surface area contributed by atoms with Crippen molar-refractivity contribution in [3.63, 3.8) is 0 Å². The van der Waals surface area contributed by atoms with Gasteiger partial charge in [-0.2, -0.15) is 0 Å². The Morgan fingerprint density at radius 3 is 2.77 bits per heavy atom. The Morgan fingerprint density at radius 1 is 1.23 bits per heavy atom. The number of hydrogen-bond acceptors (Lipinski definition) is 4. The molecule has 3 rings (SSSR count). The van der Waals surface area contributed by atoms with Crippen molar-refractivity contribution in [2.45, 2.75) is 38.1 Å². The minimum absolute atomic E-state index is 0.0605. The van der Waals surface area contributed by atoms with Crippen LogP contribution < -0.4 is 16.4 Å². The van der Waals surface area contributed by atoms with E-state index in [9.17, 15) is 4.79 Å². The van der Waals surface area contributed by atoms with Crippen LogP contribution in [-0.4, -0.2) is 30.0 Å². The third-order valence-electron chi connectivity index (χ3n) is 5.16. The fraction of sp³-hybridized carbons (Fsp3) is 0.647. The summed E-state index contributed by atoms with van der Waals surface area (Å²) >= 11 is 0. The van der Waals surface area contributed by atoms with Crippen molar-refractivity contribution >= 4 is 11.7 Å². The molecule has 2 fully saturated rings. The van der Waals surface area contributed by atoms with Gasteiger partial charge in [-0.3, -0.25) is 4.79 Å². The van der Waals surface area contributed by atoms with Crippen LogP contribution in [0.25, 0.3) is 0 Å². The van der Waals surface area contributed by atoms with Gasteiger partial charge in [-0.05, 0) is 56.1 Å². The molecule has 5 heteroatoms. The number of nitrogens with zero attached hydrogens (tertiary/aromatic N) is 1. The molecule has 0 saturated heterocycles. The number of amides is 1. The van der Waals surface area contributed by atoms with Crippen LogP contribution in [0.1, 0.15) is 32.1 Å². The van der Waals surface area contributed by atoms with E-state index in [0.717, 1.165) is 38.2 Å². The van der Waals surface area contributed by atoms with Gasteiger partial charge in [0.05, 0.1) is 5.92 Å². The summed E-state index contributed by atoms with van der Waals surface area (Å²) in [5.74, 6) is 2.26. The number of rotatable bonds is 7. The maximum atomic E-state index is 12.3. The predicted molar refractivity (Wildman–Crippen MR) is 87.3 cm³/mol. The fourth-order valence-corrected chi connectivity index (χ4v) is 3.99. The predicted octanol–water partition coefficient (Wildman–Crippen LogP) is 1.76. The molecule has 2 saturated carbocycles. The van der Waals surface area contributed by atoms with Gasteiger partial charge in [0, 0.05) is 25.3 Å². The van der Waals surface area contributed by atoms with Crippen LogP contribution in [0.15, 0.2) is 24.4 Å². The van der Waals surface area contributed by atoms with Crippen molar-refractivity contribution in [2.75, 3.05) is 18.4 Å². The molecule has 1 heterocycles. The van der Waals surface area contributed by atoms with Crippen LogP contribution in [0.2, 0.25) is 0 Å². The quantitative estimate of drug-likeness (QED) is 0.671. The molecule has 2 bridgehead atoms. The number of fused-ring (bicyclic) bond motifs is 2. The first-order chi connectivity index (χ1) is 10.8. The summed E-state index contributed by atoms with van der Waals surface area (Å²) in [5, 5.41) is 6.35. The van der Waals surface area contributed by atoms with E-state index >= 15 is 0 Å². The van der Waals surface area contributed by atoms with E-state index < -0.39 is 0 Å². The molecule has 0 spiro atoms. The van der Waals surface area contributed by atoms with Gasteiger partial charge in [0.2, 0.25) is 5.91 Å². The fourth-order valence-electron chi connectivity index (χ4n) is 3.99. The summed E-state index contributed by atoms with van der Waals surface area (Å²) < 4.78 is 0. The number of hydrogen-bond donors (Lipinski definition) is 3. The van der Waals surface area contributed by atoms with Gasteiger partial charge >= 0.3 is 0 Å². The SMILES string of the molecule is NC1C2CCC(C2)C1C(=O)NCCCCNc1ccccn1. The molecule has 120 valence electrons. The average molecular weight is 302 g/mol. The number of nitrogens with one attached hydrogen (secondary N) is 2. The second-order valence-electron chi connectivity index (χ2n) is 6.58. The maximum Gasteiger partial charge on any atom is 0.224 e. The van der Waals surface area contributed by atoms with Gasteiger partial charge in [0.1, 0.15) is 5.82 Å². The molecule has 4 unspecified atom stereocenters. The van der Waals surface area contributed by atoms with Crippen LogP contribution in [0.5, 0.6) is 0 Å². The molecule has 1 aromatic heterocycles. The number of aromatic nitrogens is 1. The number of anilines is 1. The highest BCUT2D eigenvalue weighted by atomic mass is 16.1. The first-order valence-corrected chi connectivity index (χ1v) is 8.44. The molecule has 2 aliphatic carbocycles. The molecule has 5 nitrogen and oxygen atoms in total. The standard InChI is InChI=1S/C17H26N4O/c18-16-13-7-6-12(11-13)15(16)17(22)21-10-4-3-9-20-14-5-1-2-8-19-14/h1-2,5,8,12-13,15-16H,3-4,6-7,9-11,18H2,(H,19,20)(H,21,22). The Morgan fingerprint density at radius 2 is 2.05 bits per heavy atom. The first-order valence-electron chi connectivity index (χ1n) is 8.44. The Balaban J connectivity index is 1.30. The highest BCUT2D eigenvalue weighted by Gasteiger charge is 2.48. The second-order valence-corrected chi connectivity index (χ2v) is 6.58. The topological polar surface area (TPSA) is 80.0 Å². The maximum absolute atomic E-state index is 12.3. The lowest BCUT2D eigenvalue weighted by Crippen LogP contribution is -2.45.